The molecule has 0 bridgehead atoms. The van der Waals surface area contributed by atoms with Gasteiger partial charge in [-0.25, -0.2) is 14.8 Å². The molecular formula is C22H34BrN5O3Si. The van der Waals surface area contributed by atoms with Crippen LogP contribution in [0.25, 0.3) is 11.4 Å². The van der Waals surface area contributed by atoms with Crippen molar-refractivity contribution in [2.24, 2.45) is 0 Å². The van der Waals surface area contributed by atoms with Gasteiger partial charge in [-0.05, 0) is 55.6 Å². The standard InChI is InChI=1S/C22H34BrN5O3Si/c1-22(2,3)31-21(29)27-9-7-8-17(27)20-26-13-18(16-12-25-19(23)14-24-16)28(20)15-30-10-11-32(4,5)6/h12-14,17H,7-11,15H2,1-6H3/t17-/m0/s1. The second-order valence-corrected chi connectivity index (χ2v) is 16.8. The van der Waals surface area contributed by atoms with E-state index in [1.165, 1.54) is 0 Å². The van der Waals surface area contributed by atoms with E-state index in [-0.39, 0.29) is 12.1 Å². The zero-order chi connectivity index (χ0) is 23.5. The molecule has 1 fully saturated rings. The zero-order valence-corrected chi connectivity index (χ0v) is 22.5. The second-order valence-electron chi connectivity index (χ2n) is 10.3. The van der Waals surface area contributed by atoms with Gasteiger partial charge in [0, 0.05) is 21.2 Å². The molecule has 2 aromatic heterocycles. The van der Waals surface area contributed by atoms with Crippen molar-refractivity contribution in [3.05, 3.63) is 29.0 Å². The van der Waals surface area contributed by atoms with E-state index in [4.69, 9.17) is 14.5 Å². The van der Waals surface area contributed by atoms with Crippen LogP contribution in [0.2, 0.25) is 25.7 Å². The number of imidazole rings is 1. The number of carbonyl (C=O) groups excluding carboxylic acids is 1. The van der Waals surface area contributed by atoms with Gasteiger partial charge in [0.1, 0.15) is 28.5 Å². The molecule has 0 radical (unpaired) electrons. The van der Waals surface area contributed by atoms with Crippen molar-refractivity contribution >= 4 is 30.1 Å². The highest BCUT2D eigenvalue weighted by Crippen LogP contribution is 2.34. The van der Waals surface area contributed by atoms with Crippen molar-refractivity contribution in [3.63, 3.8) is 0 Å². The van der Waals surface area contributed by atoms with Gasteiger partial charge in [0.25, 0.3) is 0 Å². The number of ether oxygens (including phenoxy) is 2. The number of hydrogen-bond acceptors (Lipinski definition) is 6. The first kappa shape index (κ1) is 24.9. The van der Waals surface area contributed by atoms with Gasteiger partial charge < -0.3 is 14.0 Å². The molecule has 10 heteroatoms. The average molecular weight is 525 g/mol. The van der Waals surface area contributed by atoms with Crippen LogP contribution in [0.3, 0.4) is 0 Å². The predicted octanol–water partition coefficient (Wildman–Crippen LogP) is 5.49. The number of nitrogens with zero attached hydrogens (tertiary/aromatic N) is 5. The van der Waals surface area contributed by atoms with Crippen LogP contribution in [0.1, 0.15) is 45.5 Å². The fraction of sp³-hybridized carbons (Fsp3) is 0.636. The number of likely N-dealkylation sites (tertiary alicyclic amines) is 1. The van der Waals surface area contributed by atoms with Crippen molar-refractivity contribution in [2.45, 2.75) is 77.7 Å². The fourth-order valence-corrected chi connectivity index (χ4v) is 4.51. The molecule has 32 heavy (non-hydrogen) atoms. The zero-order valence-electron chi connectivity index (χ0n) is 19.9. The molecule has 1 amide bonds. The Kier molecular flexibility index (Phi) is 7.77. The van der Waals surface area contributed by atoms with Gasteiger partial charge in [-0.3, -0.25) is 9.88 Å². The lowest BCUT2D eigenvalue weighted by Gasteiger charge is -2.29. The molecule has 0 spiro atoms. The Balaban J connectivity index is 1.88. The third-order valence-electron chi connectivity index (χ3n) is 5.16. The molecule has 3 rings (SSSR count). The summed E-state index contributed by atoms with van der Waals surface area (Å²) < 4.78 is 14.4. The van der Waals surface area contributed by atoms with Crippen molar-refractivity contribution in [1.29, 1.82) is 0 Å². The van der Waals surface area contributed by atoms with E-state index >= 15 is 0 Å². The number of halogens is 1. The lowest BCUT2D eigenvalue weighted by atomic mass is 10.2. The molecule has 1 atom stereocenters. The van der Waals surface area contributed by atoms with Gasteiger partial charge in [0.05, 0.1) is 30.3 Å². The summed E-state index contributed by atoms with van der Waals surface area (Å²) in [5.41, 5.74) is 0.990. The van der Waals surface area contributed by atoms with Crippen molar-refractivity contribution in [1.82, 2.24) is 24.4 Å². The van der Waals surface area contributed by atoms with E-state index in [1.54, 1.807) is 23.5 Å². The van der Waals surface area contributed by atoms with Gasteiger partial charge in [-0.2, -0.15) is 0 Å². The Bertz CT molecular complexity index is 921. The highest BCUT2D eigenvalue weighted by molar-refractivity contribution is 9.10. The molecule has 3 heterocycles. The number of aromatic nitrogens is 4. The molecule has 0 aromatic carbocycles. The molecule has 0 unspecified atom stereocenters. The molecule has 0 N–H and O–H groups in total. The van der Waals surface area contributed by atoms with E-state index in [0.717, 1.165) is 30.4 Å². The Morgan fingerprint density at radius 2 is 1.94 bits per heavy atom. The Morgan fingerprint density at radius 3 is 2.56 bits per heavy atom. The average Bonchev–Trinajstić information content (AvgIpc) is 3.30. The summed E-state index contributed by atoms with van der Waals surface area (Å²) in [6, 6.07) is 0.917. The molecule has 1 saturated heterocycles. The maximum Gasteiger partial charge on any atom is 0.410 e. The minimum absolute atomic E-state index is 0.164. The molecule has 1 aliphatic heterocycles. The van der Waals surface area contributed by atoms with Gasteiger partial charge in [-0.1, -0.05) is 19.6 Å². The van der Waals surface area contributed by atoms with E-state index in [0.29, 0.717) is 30.2 Å². The lowest BCUT2D eigenvalue weighted by Crippen LogP contribution is -2.37. The molecule has 8 nitrogen and oxygen atoms in total. The quantitative estimate of drug-likeness (QED) is 0.352. The number of carbonyl (C=O) groups is 1. The highest BCUT2D eigenvalue weighted by atomic mass is 79.9. The monoisotopic (exact) mass is 523 g/mol. The van der Waals surface area contributed by atoms with Gasteiger partial charge >= 0.3 is 6.09 Å². The number of hydrogen-bond donors (Lipinski definition) is 0. The molecule has 176 valence electrons. The Morgan fingerprint density at radius 1 is 1.19 bits per heavy atom. The third kappa shape index (κ3) is 6.61. The second kappa shape index (κ2) is 10.0. The highest BCUT2D eigenvalue weighted by Gasteiger charge is 2.36. The summed E-state index contributed by atoms with van der Waals surface area (Å²) in [7, 11) is -1.20. The van der Waals surface area contributed by atoms with Crippen molar-refractivity contribution in [2.75, 3.05) is 13.2 Å². The maximum absolute atomic E-state index is 12.9. The SMILES string of the molecule is CC(C)(C)OC(=O)N1CCC[C@H]1c1ncc(-c2cnc(Br)cn2)n1COCC[Si](C)(C)C. The van der Waals surface area contributed by atoms with Crippen LogP contribution in [0.15, 0.2) is 23.2 Å². The first-order valence-corrected chi connectivity index (χ1v) is 15.6. The number of rotatable bonds is 7. The molecule has 2 aromatic rings. The van der Waals surface area contributed by atoms with Crippen LogP contribution in [0, 0.1) is 0 Å². The smallest absolute Gasteiger partial charge is 0.410 e. The van der Waals surface area contributed by atoms with Gasteiger partial charge in [-0.15, -0.1) is 0 Å². The normalized spacial score (nSPS) is 17.1. The largest absolute Gasteiger partial charge is 0.444 e. The van der Waals surface area contributed by atoms with E-state index in [9.17, 15) is 4.79 Å². The van der Waals surface area contributed by atoms with E-state index in [2.05, 4.69) is 45.5 Å². The predicted molar refractivity (Wildman–Crippen MR) is 130 cm³/mol. The van der Waals surface area contributed by atoms with Crippen LogP contribution < -0.4 is 0 Å². The van der Waals surface area contributed by atoms with E-state index < -0.39 is 13.7 Å². The minimum atomic E-state index is -1.20. The molecular weight excluding hydrogens is 490 g/mol. The Hall–Kier alpha value is -1.78. The minimum Gasteiger partial charge on any atom is -0.444 e. The van der Waals surface area contributed by atoms with E-state index in [1.807, 2.05) is 25.3 Å². The molecule has 0 saturated carbocycles. The summed E-state index contributed by atoms with van der Waals surface area (Å²) in [4.78, 5) is 28.2. The maximum atomic E-state index is 12.9. The first-order valence-electron chi connectivity index (χ1n) is 11.1. The van der Waals surface area contributed by atoms with Gasteiger partial charge in [0.15, 0.2) is 0 Å². The van der Waals surface area contributed by atoms with Crippen LogP contribution in [-0.2, 0) is 16.2 Å². The van der Waals surface area contributed by atoms with Crippen LogP contribution in [-0.4, -0.2) is 57.3 Å². The summed E-state index contributed by atoms with van der Waals surface area (Å²) in [6.45, 7) is 14.3. The lowest BCUT2D eigenvalue weighted by molar-refractivity contribution is 0.0204. The summed E-state index contributed by atoms with van der Waals surface area (Å²) in [5, 5.41) is 0. The van der Waals surface area contributed by atoms with Crippen LogP contribution in [0.5, 0.6) is 0 Å². The molecule has 1 aliphatic rings. The topological polar surface area (TPSA) is 82.4 Å². The van der Waals surface area contributed by atoms with Crippen LogP contribution in [0.4, 0.5) is 4.79 Å². The summed E-state index contributed by atoms with van der Waals surface area (Å²) >= 11 is 3.34. The number of amides is 1. The van der Waals surface area contributed by atoms with Crippen molar-refractivity contribution < 1.29 is 14.3 Å². The molecule has 0 aliphatic carbocycles. The third-order valence-corrected chi connectivity index (χ3v) is 7.28. The van der Waals surface area contributed by atoms with Crippen molar-refractivity contribution in [3.8, 4) is 11.4 Å². The first-order chi connectivity index (χ1) is 14.9. The fourth-order valence-electron chi connectivity index (χ4n) is 3.55. The van der Waals surface area contributed by atoms with Gasteiger partial charge in [0.2, 0.25) is 0 Å². The van der Waals surface area contributed by atoms with Crippen LogP contribution >= 0.6 is 15.9 Å². The summed E-state index contributed by atoms with van der Waals surface area (Å²) in [6.07, 6.45) is 6.60. The Labute approximate surface area is 199 Å². The summed E-state index contributed by atoms with van der Waals surface area (Å²) in [5.74, 6) is 0.793.